The lowest BCUT2D eigenvalue weighted by Gasteiger charge is -2.34. The molecule has 39 heteroatoms. The van der Waals surface area contributed by atoms with E-state index in [0.717, 1.165) is 71.8 Å². The number of aryl methyl sites for hydroxylation is 7. The maximum absolute atomic E-state index is 12.8. The molecular formula is C91H127Br2Cl2FN9O20S5+. The van der Waals surface area contributed by atoms with Gasteiger partial charge in [-0.05, 0) is 170 Å². The van der Waals surface area contributed by atoms with Gasteiger partial charge in [0.15, 0.2) is 23.6 Å². The van der Waals surface area contributed by atoms with Gasteiger partial charge in [-0.3, -0.25) is 28.4 Å². The SMILES string of the molecule is C1CCOC1.CC1CC(=O)CCN1.CC1CC(=O)CCN1C(=O)OC(C)(C)C.Cc1ccc(S(=O)(=O)N2CCC(=O)C(Br)C2C)cc1.Cc1ccc(S(=O)(=O)N2CCC(=O)CC2C)cc1.Cc1ccc(S(=O)(=O)N2CCc3nc(C)oc3C2C)cc1.Cc1ccc(S(=O)(=O)N2Cc3oc(C)nc3CC2C)cc1.Cl.Cl.[2H]CF.[CH2+]C1CC(=O)C(Br)CN1S(=O)(=O)c1ccc(C)cc1. The number of ether oxygens (including phenoxy) is 2. The van der Waals surface area contributed by atoms with Crippen molar-refractivity contribution < 1.29 is 94.9 Å². The summed E-state index contributed by atoms with van der Waals surface area (Å²) in [5, 5.41) is 3.19. The zero-order valence-electron chi connectivity index (χ0n) is 77.7. The van der Waals surface area contributed by atoms with Crippen LogP contribution in [0.5, 0.6) is 0 Å². The van der Waals surface area contributed by atoms with E-state index in [4.69, 9.17) is 19.7 Å². The number of sulfonamides is 5. The van der Waals surface area contributed by atoms with E-state index in [2.05, 4.69) is 54.1 Å². The Morgan fingerprint density at radius 1 is 0.492 bits per heavy atom. The number of carbonyl (C=O) groups excluding carboxylic acids is 6. The molecule has 1 N–H and O–H groups in total. The van der Waals surface area contributed by atoms with Crippen molar-refractivity contribution in [1.82, 2.24) is 41.7 Å². The van der Waals surface area contributed by atoms with E-state index in [0.29, 0.717) is 101 Å². The van der Waals surface area contributed by atoms with Crippen molar-refractivity contribution in [3.63, 3.8) is 0 Å². The van der Waals surface area contributed by atoms with Gasteiger partial charge in [-0.25, -0.2) is 56.9 Å². The molecule has 8 aliphatic rings. The average molecular weight is 2080 g/mol. The van der Waals surface area contributed by atoms with Gasteiger partial charge in [0.25, 0.3) is 0 Å². The number of ketones is 5. The predicted molar refractivity (Wildman–Crippen MR) is 509 cm³/mol. The fourth-order valence-electron chi connectivity index (χ4n) is 14.8. The second-order valence-corrected chi connectivity index (χ2v) is 45.4. The van der Waals surface area contributed by atoms with Gasteiger partial charge in [0.05, 0.1) is 80.0 Å². The highest BCUT2D eigenvalue weighted by Crippen LogP contribution is 2.36. The lowest BCUT2D eigenvalue weighted by molar-refractivity contribution is -0.123. The molecule has 1 amide bonds. The number of halogens is 5. The highest BCUT2D eigenvalue weighted by molar-refractivity contribution is 9.10. The molecule has 8 aliphatic heterocycles. The molecule has 9 unspecified atom stereocenters. The molecule has 0 bridgehead atoms. The Kier molecular flexibility index (Phi) is 43.4. The zero-order valence-corrected chi connectivity index (χ0v) is 85.6. The number of hydrogen-bond acceptors (Lipinski definition) is 23. The van der Waals surface area contributed by atoms with Crippen molar-refractivity contribution in [2.75, 3.05) is 59.6 Å². The number of alkyl halides is 3. The molecule has 5 aromatic carbocycles. The minimum absolute atomic E-state index is 0. The number of benzene rings is 5. The van der Waals surface area contributed by atoms with Crippen molar-refractivity contribution in [3.8, 4) is 0 Å². The van der Waals surface area contributed by atoms with Gasteiger partial charge >= 0.3 is 6.09 Å². The van der Waals surface area contributed by atoms with Crippen LogP contribution in [0.4, 0.5) is 9.18 Å². The number of piperidine rings is 5. The number of rotatable bonds is 10. The van der Waals surface area contributed by atoms with E-state index in [1.54, 1.807) is 130 Å². The molecule has 29 nitrogen and oxygen atoms in total. The second-order valence-electron chi connectivity index (χ2n) is 33.8. The van der Waals surface area contributed by atoms with Crippen molar-refractivity contribution in [3.05, 3.63) is 191 Å². The molecule has 0 saturated carbocycles. The molecule has 0 spiro atoms. The fourth-order valence-corrected chi connectivity index (χ4v) is 24.2. The summed E-state index contributed by atoms with van der Waals surface area (Å²) < 4.78 is 170. The number of nitrogens with one attached hydrogen (secondary N) is 1. The summed E-state index contributed by atoms with van der Waals surface area (Å²) in [6.45, 7) is 38.3. The molecule has 720 valence electrons. The molecular weight excluding hydrogens is 1950 g/mol. The molecule has 6 fully saturated rings. The smallest absolute Gasteiger partial charge is 0.410 e. The number of amides is 1. The predicted octanol–water partition coefficient (Wildman–Crippen LogP) is 15.3. The molecule has 10 heterocycles. The number of aromatic nitrogens is 2. The van der Waals surface area contributed by atoms with Crippen LogP contribution in [0, 0.1) is 55.4 Å². The number of Topliss-reactive ketones (excluding diaryl/α,β-unsaturated/α-hetero) is 5. The Morgan fingerprint density at radius 3 is 1.29 bits per heavy atom. The summed E-state index contributed by atoms with van der Waals surface area (Å²) in [5.41, 5.74) is 6.37. The maximum atomic E-state index is 12.8. The monoisotopic (exact) mass is 2070 g/mol. The Bertz CT molecular complexity index is 5390. The van der Waals surface area contributed by atoms with Crippen molar-refractivity contribution >= 4 is 142 Å². The Morgan fingerprint density at radius 2 is 0.877 bits per heavy atom. The molecule has 0 radical (unpaired) electrons. The van der Waals surface area contributed by atoms with Gasteiger partial charge in [-0.1, -0.05) is 120 Å². The van der Waals surface area contributed by atoms with E-state index >= 15 is 0 Å². The summed E-state index contributed by atoms with van der Waals surface area (Å²) >= 11 is 6.50. The van der Waals surface area contributed by atoms with Crippen LogP contribution in [0.3, 0.4) is 0 Å². The lowest BCUT2D eigenvalue weighted by atomic mass is 10.0. The summed E-state index contributed by atoms with van der Waals surface area (Å²) in [6, 6.07) is 32.8. The molecule has 0 aliphatic carbocycles. The first-order chi connectivity index (χ1) is 60.3. The third-order valence-electron chi connectivity index (χ3n) is 22.0. The topological polar surface area (TPSA) is 375 Å². The van der Waals surface area contributed by atoms with Crippen LogP contribution in [0.25, 0.3) is 0 Å². The first-order valence-electron chi connectivity index (χ1n) is 43.3. The van der Waals surface area contributed by atoms with Crippen LogP contribution in [0.15, 0.2) is 155 Å². The van der Waals surface area contributed by atoms with Crippen LogP contribution in [0.1, 0.15) is 196 Å². The summed E-state index contributed by atoms with van der Waals surface area (Å²) in [6.07, 6.45) is 6.77. The number of nitrogens with zero attached hydrogens (tertiary/aromatic N) is 8. The van der Waals surface area contributed by atoms with Gasteiger partial charge in [0, 0.05) is 154 Å². The van der Waals surface area contributed by atoms with Crippen LogP contribution >= 0.6 is 56.7 Å². The number of fused-ring (bicyclic) bond motifs is 2. The first kappa shape index (κ1) is 112. The quantitative estimate of drug-likeness (QED) is 0.0981. The third-order valence-corrected chi connectivity index (χ3v) is 34.0. The van der Waals surface area contributed by atoms with Crippen molar-refractivity contribution in [2.24, 2.45) is 0 Å². The molecule has 130 heavy (non-hydrogen) atoms. The number of hydrogen-bond donors (Lipinski definition) is 1. The minimum Gasteiger partial charge on any atom is -0.444 e. The standard InChI is InChI=1S/2C15H18N2O3S.C13H15BrNO3S.C13H16BrNO3S.C13H17NO3S.C11H19NO3.C6H11NO.C4H8O.CH3F.2ClH/c1-10-4-6-13(7-5-10)21(18,19)17-9-15-14(8-11(17)2)16-12(3)20-15;1-10-4-6-13(7-5-10)21(18,19)17-9-8-14-15(11(17)2)20-12(3)16-14;1-9-3-5-11(6-4-9)19(17,18)15-8-12(14)13(16)7-10(15)2;1-9-3-5-11(6-4-9)19(17,18)15-8-7-12(16)13(14)10(15)2;1-10-3-5-13(6-4-10)18(16,17)14-8-7-12(15)9-11(14)2;1-8-7-9(13)5-6-12(8)10(14)15-11(2,3)4;1-5-4-6(8)2-3-7-5;1-2-4-5-3-1;1-2;;/h2*4-7,11H,8-9H2,1-3H3;3-6,10,12H,2,7-8H2,1H3;3-6,10,13H,7-8H2,1-2H3;3-6,11H,7-9H2,1-2H3;8H,5-7H2,1-4H3;5,7H,2-4H2,1H3;1-4H2;1H3;2*1H/q;;+1;;;;;;;;/i;;;;;;;;1D;;. The van der Waals surface area contributed by atoms with E-state index in [1.807, 2.05) is 107 Å². The molecule has 9 atom stereocenters. The first-order valence-corrected chi connectivity index (χ1v) is 51.6. The summed E-state index contributed by atoms with van der Waals surface area (Å²) in [5.74, 6) is 3.30. The van der Waals surface area contributed by atoms with E-state index < -0.39 is 78.6 Å². The molecule has 2 aromatic heterocycles. The number of carbonyl (C=O) groups is 6. The van der Waals surface area contributed by atoms with Gasteiger partial charge < -0.3 is 28.5 Å². The van der Waals surface area contributed by atoms with E-state index in [-0.39, 0.29) is 133 Å². The van der Waals surface area contributed by atoms with Gasteiger partial charge in [0.1, 0.15) is 40.3 Å². The highest BCUT2D eigenvalue weighted by atomic mass is 79.9. The zero-order chi connectivity index (χ0) is 96.0. The number of oxazole rings is 2. The van der Waals surface area contributed by atoms with Gasteiger partial charge in [-0.2, -0.15) is 21.5 Å². The van der Waals surface area contributed by atoms with E-state index in [1.165, 1.54) is 34.4 Å². The Balaban J connectivity index is 0.000000268. The Labute approximate surface area is 799 Å². The largest absolute Gasteiger partial charge is 0.444 e. The lowest BCUT2D eigenvalue weighted by Crippen LogP contribution is -2.51. The Hall–Kier alpha value is -7.05. The highest BCUT2D eigenvalue weighted by Gasteiger charge is 2.44. The van der Waals surface area contributed by atoms with Crippen molar-refractivity contribution in [1.29, 1.82) is 0 Å². The van der Waals surface area contributed by atoms with E-state index in [9.17, 15) is 75.2 Å². The van der Waals surface area contributed by atoms with Crippen LogP contribution in [-0.4, -0.2) is 225 Å². The second kappa shape index (κ2) is 50.5. The maximum Gasteiger partial charge on any atom is 0.410 e. The molecule has 7 aromatic rings. The van der Waals surface area contributed by atoms with Crippen molar-refractivity contribution in [2.45, 2.75) is 276 Å². The summed E-state index contributed by atoms with van der Waals surface area (Å²) in [7, 11) is -18.6. The number of likely N-dealkylation sites (tertiary alicyclic amines) is 1. The normalized spacial score (nSPS) is 22.4. The molecule has 6 saturated heterocycles. The summed E-state index contributed by atoms with van der Waals surface area (Å²) in [4.78, 5) is 78.8. The fraction of sp³-hybridized carbons (Fsp3) is 0.527. The van der Waals surface area contributed by atoms with Gasteiger partial charge in [-0.15, -0.1) is 24.8 Å². The van der Waals surface area contributed by atoms with Gasteiger partial charge in [0.2, 0.25) is 50.1 Å². The minimum atomic E-state index is -3.60. The van der Waals surface area contributed by atoms with Crippen LogP contribution < -0.4 is 5.32 Å². The average Bonchev–Trinajstić information content (AvgIpc) is 1.69. The van der Waals surface area contributed by atoms with Crippen LogP contribution in [-0.2, 0) is 103 Å². The third kappa shape index (κ3) is 31.5. The molecule has 15 rings (SSSR count). The van der Waals surface area contributed by atoms with Crippen LogP contribution in [0.2, 0.25) is 0 Å².